The molecule has 8 nitrogen and oxygen atoms in total. The monoisotopic (exact) mass is 571 g/mol. The standard InChI is InChI=1S/C31H39F2N3O5/c1-30(2,3)41-26(37)14-17-31(15-4-5-16-31)29(39)36-23-10-8-22(9-11-23)35-27(38)25-18-21(33)19-34-28(25)40-24-12-6-20(32)7-13-24/h6-7,12-13,18-19,22-23H,4-5,8-11,14-17H2,1-3H3,(H,35,38)(H,36,39). The van der Waals surface area contributed by atoms with E-state index in [0.29, 0.717) is 32.1 Å². The fraction of sp³-hybridized carbons (Fsp3) is 0.548. The maximum absolute atomic E-state index is 14.0. The fourth-order valence-electron chi connectivity index (χ4n) is 5.64. The molecule has 0 spiro atoms. The van der Waals surface area contributed by atoms with Crippen molar-refractivity contribution in [2.24, 2.45) is 5.41 Å². The third kappa shape index (κ3) is 8.47. The van der Waals surface area contributed by atoms with E-state index in [-0.39, 0.29) is 47.6 Å². The summed E-state index contributed by atoms with van der Waals surface area (Å²) >= 11 is 0. The molecule has 2 aliphatic carbocycles. The lowest BCUT2D eigenvalue weighted by atomic mass is 9.79. The van der Waals surface area contributed by atoms with E-state index in [0.717, 1.165) is 37.9 Å². The molecule has 2 aliphatic rings. The van der Waals surface area contributed by atoms with Crippen LogP contribution in [0.15, 0.2) is 36.5 Å². The summed E-state index contributed by atoms with van der Waals surface area (Å²) < 4.78 is 38.3. The molecular weight excluding hydrogens is 532 g/mol. The van der Waals surface area contributed by atoms with Crippen molar-refractivity contribution in [1.82, 2.24) is 15.6 Å². The van der Waals surface area contributed by atoms with Crippen LogP contribution in [0.4, 0.5) is 8.78 Å². The van der Waals surface area contributed by atoms with Gasteiger partial charge in [0.1, 0.15) is 28.5 Å². The Hall–Kier alpha value is -3.56. The van der Waals surface area contributed by atoms with Gasteiger partial charge in [0.25, 0.3) is 5.91 Å². The zero-order valence-electron chi connectivity index (χ0n) is 23.9. The molecule has 0 unspecified atom stereocenters. The van der Waals surface area contributed by atoms with Gasteiger partial charge in [0.2, 0.25) is 11.8 Å². The maximum atomic E-state index is 14.0. The van der Waals surface area contributed by atoms with Crippen LogP contribution >= 0.6 is 0 Å². The van der Waals surface area contributed by atoms with Gasteiger partial charge in [-0.25, -0.2) is 13.8 Å². The summed E-state index contributed by atoms with van der Waals surface area (Å²) in [6, 6.07) is 6.09. The van der Waals surface area contributed by atoms with Gasteiger partial charge >= 0.3 is 5.97 Å². The van der Waals surface area contributed by atoms with Crippen LogP contribution in [-0.2, 0) is 14.3 Å². The third-order valence-corrected chi connectivity index (χ3v) is 7.76. The number of hydrogen-bond acceptors (Lipinski definition) is 6. The summed E-state index contributed by atoms with van der Waals surface area (Å²) in [5.41, 5.74) is -1.16. The van der Waals surface area contributed by atoms with Crippen molar-refractivity contribution in [3.8, 4) is 11.6 Å². The number of benzene rings is 1. The molecule has 0 atom stereocenters. The predicted molar refractivity (Wildman–Crippen MR) is 148 cm³/mol. The first-order chi connectivity index (χ1) is 19.4. The average molecular weight is 572 g/mol. The second kappa shape index (κ2) is 13.0. The van der Waals surface area contributed by atoms with Crippen molar-refractivity contribution in [3.63, 3.8) is 0 Å². The molecule has 1 heterocycles. The topological polar surface area (TPSA) is 107 Å². The van der Waals surface area contributed by atoms with Gasteiger partial charge in [0, 0.05) is 23.9 Å². The third-order valence-electron chi connectivity index (χ3n) is 7.76. The number of carbonyl (C=O) groups excluding carboxylic acids is 3. The van der Waals surface area contributed by atoms with Crippen LogP contribution in [0.5, 0.6) is 11.6 Å². The summed E-state index contributed by atoms with van der Waals surface area (Å²) in [6.07, 6.45) is 7.72. The van der Waals surface area contributed by atoms with Gasteiger partial charge in [0.15, 0.2) is 0 Å². The van der Waals surface area contributed by atoms with Gasteiger partial charge in [0.05, 0.1) is 6.20 Å². The van der Waals surface area contributed by atoms with E-state index in [4.69, 9.17) is 9.47 Å². The van der Waals surface area contributed by atoms with E-state index >= 15 is 0 Å². The quantitative estimate of drug-likeness (QED) is 0.358. The van der Waals surface area contributed by atoms with Gasteiger partial charge < -0.3 is 20.1 Å². The molecule has 41 heavy (non-hydrogen) atoms. The SMILES string of the molecule is CC(C)(C)OC(=O)CCC1(C(=O)NC2CCC(NC(=O)c3cc(F)cnc3Oc3ccc(F)cc3)CC2)CCCC1. The molecule has 0 radical (unpaired) electrons. The first kappa shape index (κ1) is 30.4. The van der Waals surface area contributed by atoms with Gasteiger partial charge in [-0.05, 0) is 96.0 Å². The van der Waals surface area contributed by atoms with Crippen LogP contribution in [0.25, 0.3) is 0 Å². The number of hydrogen-bond donors (Lipinski definition) is 2. The lowest BCUT2D eigenvalue weighted by Gasteiger charge is -2.34. The molecular formula is C31H39F2N3O5. The van der Waals surface area contributed by atoms with E-state index in [1.165, 1.54) is 24.3 Å². The van der Waals surface area contributed by atoms with Crippen LogP contribution in [0, 0.1) is 17.0 Å². The molecule has 2 aromatic rings. The number of carbonyl (C=O) groups is 3. The molecule has 0 aliphatic heterocycles. The molecule has 2 fully saturated rings. The summed E-state index contributed by atoms with van der Waals surface area (Å²) in [6.45, 7) is 5.49. The van der Waals surface area contributed by atoms with Gasteiger partial charge in [-0.3, -0.25) is 14.4 Å². The predicted octanol–water partition coefficient (Wildman–Crippen LogP) is 5.99. The van der Waals surface area contributed by atoms with Crippen LogP contribution in [0.1, 0.15) is 95.3 Å². The molecule has 0 bridgehead atoms. The van der Waals surface area contributed by atoms with Crippen molar-refractivity contribution >= 4 is 17.8 Å². The lowest BCUT2D eigenvalue weighted by molar-refractivity contribution is -0.155. The molecule has 1 aromatic heterocycles. The Bertz CT molecular complexity index is 1230. The number of aromatic nitrogens is 1. The first-order valence-electron chi connectivity index (χ1n) is 14.4. The van der Waals surface area contributed by atoms with Crippen molar-refractivity contribution in [3.05, 3.63) is 53.7 Å². The second-order valence-corrected chi connectivity index (χ2v) is 12.1. The van der Waals surface area contributed by atoms with Crippen molar-refractivity contribution in [1.29, 1.82) is 0 Å². The van der Waals surface area contributed by atoms with Crippen LogP contribution in [0.3, 0.4) is 0 Å². The Kier molecular flexibility index (Phi) is 9.60. The average Bonchev–Trinajstić information content (AvgIpc) is 3.40. The van der Waals surface area contributed by atoms with Crippen molar-refractivity contribution in [2.75, 3.05) is 0 Å². The Morgan fingerprint density at radius 2 is 1.56 bits per heavy atom. The maximum Gasteiger partial charge on any atom is 0.306 e. The number of esters is 1. The summed E-state index contributed by atoms with van der Waals surface area (Å²) in [5.74, 6) is -1.73. The minimum atomic E-state index is -0.680. The van der Waals surface area contributed by atoms with E-state index in [2.05, 4.69) is 15.6 Å². The Labute approximate surface area is 239 Å². The number of ether oxygens (including phenoxy) is 2. The minimum absolute atomic E-state index is 0.000497. The fourth-order valence-corrected chi connectivity index (χ4v) is 5.64. The molecule has 10 heteroatoms. The highest BCUT2D eigenvalue weighted by atomic mass is 19.1. The van der Waals surface area contributed by atoms with Crippen molar-refractivity contribution in [2.45, 2.75) is 103 Å². The highest BCUT2D eigenvalue weighted by Gasteiger charge is 2.42. The Morgan fingerprint density at radius 1 is 0.951 bits per heavy atom. The number of rotatable bonds is 9. The zero-order chi connectivity index (χ0) is 29.6. The van der Waals surface area contributed by atoms with Crippen LogP contribution < -0.4 is 15.4 Å². The lowest BCUT2D eigenvalue weighted by Crippen LogP contribution is -2.48. The molecule has 222 valence electrons. The minimum Gasteiger partial charge on any atom is -0.460 e. The van der Waals surface area contributed by atoms with Gasteiger partial charge in [-0.15, -0.1) is 0 Å². The molecule has 4 rings (SSSR count). The van der Waals surface area contributed by atoms with E-state index < -0.39 is 28.6 Å². The van der Waals surface area contributed by atoms with E-state index in [1.807, 2.05) is 20.8 Å². The highest BCUT2D eigenvalue weighted by molar-refractivity contribution is 5.96. The zero-order valence-corrected chi connectivity index (χ0v) is 23.9. The van der Waals surface area contributed by atoms with Gasteiger partial charge in [-0.2, -0.15) is 0 Å². The second-order valence-electron chi connectivity index (χ2n) is 12.1. The largest absolute Gasteiger partial charge is 0.460 e. The summed E-state index contributed by atoms with van der Waals surface area (Å²) in [4.78, 5) is 42.7. The molecule has 2 saturated carbocycles. The van der Waals surface area contributed by atoms with Crippen molar-refractivity contribution < 1.29 is 32.6 Å². The number of amides is 2. The number of nitrogens with zero attached hydrogens (tertiary/aromatic N) is 1. The molecule has 2 N–H and O–H groups in total. The van der Waals surface area contributed by atoms with E-state index in [1.54, 1.807) is 0 Å². The van der Waals surface area contributed by atoms with Crippen LogP contribution in [0.2, 0.25) is 0 Å². The molecule has 0 saturated heterocycles. The number of halogens is 2. The summed E-state index contributed by atoms with van der Waals surface area (Å²) in [5, 5.41) is 6.15. The molecule has 1 aromatic carbocycles. The van der Waals surface area contributed by atoms with Gasteiger partial charge in [-0.1, -0.05) is 12.8 Å². The Morgan fingerprint density at radius 3 is 2.17 bits per heavy atom. The summed E-state index contributed by atoms with van der Waals surface area (Å²) in [7, 11) is 0. The number of pyridine rings is 1. The highest BCUT2D eigenvalue weighted by Crippen LogP contribution is 2.43. The first-order valence-corrected chi connectivity index (χ1v) is 14.4. The smallest absolute Gasteiger partial charge is 0.306 e. The number of nitrogens with one attached hydrogen (secondary N) is 2. The van der Waals surface area contributed by atoms with E-state index in [9.17, 15) is 23.2 Å². The Balaban J connectivity index is 1.30. The normalized spacial score (nSPS) is 20.2. The van der Waals surface area contributed by atoms with Crippen LogP contribution in [-0.4, -0.2) is 40.5 Å². The molecule has 2 amide bonds.